The van der Waals surface area contributed by atoms with Crippen molar-refractivity contribution in [1.29, 1.82) is 0 Å². The minimum atomic E-state index is 0.627. The molecule has 0 unspecified atom stereocenters. The number of hydrogen-bond acceptors (Lipinski definition) is 7. The number of thiophene rings is 2. The summed E-state index contributed by atoms with van der Waals surface area (Å²) in [5.41, 5.74) is 20.2. The molecule has 0 radical (unpaired) electrons. The summed E-state index contributed by atoms with van der Waals surface area (Å²) in [5, 5.41) is 9.01. The number of aryl methyl sites for hydroxylation is 2. The number of aromatic nitrogens is 2. The summed E-state index contributed by atoms with van der Waals surface area (Å²) in [6, 6.07) is 4.54. The lowest BCUT2D eigenvalue weighted by molar-refractivity contribution is 0.667. The van der Waals surface area contributed by atoms with E-state index in [1.165, 1.54) is 74.0 Å². The molecule has 0 fully saturated rings. The highest BCUT2D eigenvalue weighted by molar-refractivity contribution is 7.17. The van der Waals surface area contributed by atoms with Crippen LogP contribution in [-0.4, -0.2) is 9.59 Å². The quantitative estimate of drug-likeness (QED) is 0.151. The van der Waals surface area contributed by atoms with Crippen LogP contribution in [0.5, 0.6) is 0 Å². The van der Waals surface area contributed by atoms with Gasteiger partial charge in [0.25, 0.3) is 0 Å². The molecule has 4 N–H and O–H groups in total. The lowest BCUT2D eigenvalue weighted by atomic mass is 10.0. The van der Waals surface area contributed by atoms with Crippen molar-refractivity contribution in [3.05, 3.63) is 34.0 Å². The molecule has 4 aromatic rings. The van der Waals surface area contributed by atoms with Gasteiger partial charge in [0.05, 0.1) is 16.1 Å². The molecule has 0 aliphatic heterocycles. The standard InChI is InChI=1S/C26H34N4S3/c1-3-5-7-9-11-17-13-19(31-15-17)21-23(27)24(28)22(26-25(21)29-30-33-26)20-14-18(16-32-20)12-10-8-6-4-2/h13-16H,3-12,27-28H2,1-2H3. The van der Waals surface area contributed by atoms with Gasteiger partial charge in [0.1, 0.15) is 5.52 Å². The number of nitrogens with zero attached hydrogens (tertiary/aromatic N) is 2. The number of nitrogens with two attached hydrogens (primary N) is 2. The van der Waals surface area contributed by atoms with Gasteiger partial charge in [-0.1, -0.05) is 56.9 Å². The van der Waals surface area contributed by atoms with Crippen molar-refractivity contribution in [3.63, 3.8) is 0 Å². The SMILES string of the molecule is CCCCCCc1csc(-c2c(N)c(N)c(-c3cc(CCCCCC)cs3)c3snnc23)c1. The summed E-state index contributed by atoms with van der Waals surface area (Å²) in [6.45, 7) is 4.50. The maximum Gasteiger partial charge on any atom is 0.117 e. The molecule has 0 atom stereocenters. The van der Waals surface area contributed by atoms with E-state index in [1.807, 2.05) is 0 Å². The topological polar surface area (TPSA) is 77.8 Å². The first kappa shape index (κ1) is 24.2. The molecule has 0 saturated heterocycles. The Morgan fingerprint density at radius 3 is 1.85 bits per heavy atom. The van der Waals surface area contributed by atoms with E-state index in [-0.39, 0.29) is 0 Å². The maximum absolute atomic E-state index is 6.68. The fraction of sp³-hybridized carbons (Fsp3) is 0.462. The zero-order chi connectivity index (χ0) is 23.2. The van der Waals surface area contributed by atoms with Crippen LogP contribution in [0.15, 0.2) is 22.9 Å². The fourth-order valence-electron chi connectivity index (χ4n) is 4.32. The van der Waals surface area contributed by atoms with Gasteiger partial charge in [0, 0.05) is 20.9 Å². The first-order valence-electron chi connectivity index (χ1n) is 12.1. The van der Waals surface area contributed by atoms with Crippen LogP contribution in [0.3, 0.4) is 0 Å². The molecule has 0 spiro atoms. The van der Waals surface area contributed by atoms with Crippen LogP contribution in [0.2, 0.25) is 0 Å². The normalized spacial score (nSPS) is 11.6. The molecule has 1 aromatic carbocycles. The van der Waals surface area contributed by atoms with E-state index in [4.69, 9.17) is 11.5 Å². The van der Waals surface area contributed by atoms with E-state index in [1.54, 1.807) is 22.7 Å². The maximum atomic E-state index is 6.68. The highest BCUT2D eigenvalue weighted by Crippen LogP contribution is 2.48. The predicted molar refractivity (Wildman–Crippen MR) is 149 cm³/mol. The number of rotatable bonds is 12. The van der Waals surface area contributed by atoms with Gasteiger partial charge in [0.15, 0.2) is 0 Å². The molecule has 0 bridgehead atoms. The molecule has 0 saturated carbocycles. The molecular weight excluding hydrogens is 465 g/mol. The summed E-state index contributed by atoms with van der Waals surface area (Å²) in [5.74, 6) is 0. The monoisotopic (exact) mass is 498 g/mol. The van der Waals surface area contributed by atoms with Gasteiger partial charge < -0.3 is 11.5 Å². The van der Waals surface area contributed by atoms with Crippen molar-refractivity contribution in [2.75, 3.05) is 11.5 Å². The zero-order valence-electron chi connectivity index (χ0n) is 19.7. The predicted octanol–water partition coefficient (Wildman–Crippen LogP) is 8.56. The van der Waals surface area contributed by atoms with Gasteiger partial charge >= 0.3 is 0 Å². The smallest absolute Gasteiger partial charge is 0.117 e. The van der Waals surface area contributed by atoms with Crippen LogP contribution in [-0.2, 0) is 12.8 Å². The third kappa shape index (κ3) is 5.42. The highest BCUT2D eigenvalue weighted by Gasteiger charge is 2.23. The average molecular weight is 499 g/mol. The number of unbranched alkanes of at least 4 members (excludes halogenated alkanes) is 6. The van der Waals surface area contributed by atoms with Crippen molar-refractivity contribution in [3.8, 4) is 20.9 Å². The molecule has 33 heavy (non-hydrogen) atoms. The van der Waals surface area contributed by atoms with Gasteiger partial charge in [0.2, 0.25) is 0 Å². The van der Waals surface area contributed by atoms with Crippen molar-refractivity contribution < 1.29 is 0 Å². The Kier molecular flexibility index (Phi) is 8.39. The molecule has 0 aliphatic rings. The highest BCUT2D eigenvalue weighted by atomic mass is 32.1. The van der Waals surface area contributed by atoms with E-state index >= 15 is 0 Å². The first-order chi connectivity index (χ1) is 16.1. The van der Waals surface area contributed by atoms with Crippen LogP contribution in [0, 0.1) is 0 Å². The van der Waals surface area contributed by atoms with E-state index in [9.17, 15) is 0 Å². The zero-order valence-corrected chi connectivity index (χ0v) is 22.1. The number of fused-ring (bicyclic) bond motifs is 1. The minimum absolute atomic E-state index is 0.627. The fourth-order valence-corrected chi connectivity index (χ4v) is 7.15. The molecule has 0 amide bonds. The van der Waals surface area contributed by atoms with Crippen LogP contribution in [0.1, 0.15) is 76.3 Å². The second-order valence-electron chi connectivity index (χ2n) is 8.79. The van der Waals surface area contributed by atoms with Gasteiger partial charge in [-0.2, -0.15) is 0 Å². The molecule has 0 aliphatic carbocycles. The van der Waals surface area contributed by atoms with Crippen molar-refractivity contribution in [2.45, 2.75) is 78.1 Å². The van der Waals surface area contributed by atoms with Gasteiger partial charge in [-0.05, 0) is 71.2 Å². The second-order valence-corrected chi connectivity index (χ2v) is 11.4. The molecule has 4 nitrogen and oxygen atoms in total. The minimum Gasteiger partial charge on any atom is -0.396 e. The Morgan fingerprint density at radius 2 is 1.27 bits per heavy atom. The number of nitrogen functional groups attached to an aromatic ring is 2. The second kappa shape index (κ2) is 11.4. The van der Waals surface area contributed by atoms with Crippen molar-refractivity contribution in [1.82, 2.24) is 9.59 Å². The Balaban J connectivity index is 1.63. The van der Waals surface area contributed by atoms with Gasteiger partial charge in [-0.15, -0.1) is 27.8 Å². The third-order valence-electron chi connectivity index (χ3n) is 6.22. The summed E-state index contributed by atoms with van der Waals surface area (Å²) in [4.78, 5) is 2.30. The van der Waals surface area contributed by atoms with Crippen molar-refractivity contribution in [2.24, 2.45) is 0 Å². The Morgan fingerprint density at radius 1 is 0.727 bits per heavy atom. The lowest BCUT2D eigenvalue weighted by Gasteiger charge is -2.12. The molecular formula is C26H34N4S3. The summed E-state index contributed by atoms with van der Waals surface area (Å²) < 4.78 is 5.34. The molecule has 3 heterocycles. The van der Waals surface area contributed by atoms with Crippen LogP contribution >= 0.6 is 34.2 Å². The van der Waals surface area contributed by atoms with E-state index in [0.717, 1.165) is 43.9 Å². The van der Waals surface area contributed by atoms with E-state index < -0.39 is 0 Å². The summed E-state index contributed by atoms with van der Waals surface area (Å²) in [6.07, 6.45) is 12.4. The van der Waals surface area contributed by atoms with Crippen LogP contribution in [0.4, 0.5) is 11.4 Å². The Hall–Kier alpha value is -1.96. The van der Waals surface area contributed by atoms with Gasteiger partial charge in [-0.3, -0.25) is 0 Å². The number of anilines is 2. The lowest BCUT2D eigenvalue weighted by Crippen LogP contribution is -2.00. The van der Waals surface area contributed by atoms with Gasteiger partial charge in [-0.25, -0.2) is 0 Å². The molecule has 3 aromatic heterocycles. The summed E-state index contributed by atoms with van der Waals surface area (Å²) in [7, 11) is 0. The molecule has 4 rings (SSSR count). The Bertz CT molecular complexity index is 1100. The number of hydrogen-bond donors (Lipinski definition) is 2. The van der Waals surface area contributed by atoms with E-state index in [0.29, 0.717) is 11.4 Å². The third-order valence-corrected chi connectivity index (χ3v) is 8.96. The Labute approximate surface area is 209 Å². The molecule has 7 heteroatoms. The largest absolute Gasteiger partial charge is 0.396 e. The van der Waals surface area contributed by atoms with Crippen LogP contribution < -0.4 is 11.5 Å². The van der Waals surface area contributed by atoms with E-state index in [2.05, 4.69) is 46.3 Å². The summed E-state index contributed by atoms with van der Waals surface area (Å²) >= 11 is 4.89. The van der Waals surface area contributed by atoms with Crippen molar-refractivity contribution >= 4 is 55.8 Å². The first-order valence-corrected chi connectivity index (χ1v) is 14.7. The van der Waals surface area contributed by atoms with Crippen LogP contribution in [0.25, 0.3) is 31.1 Å². The molecule has 176 valence electrons. The number of benzene rings is 1. The average Bonchev–Trinajstić information content (AvgIpc) is 3.57.